The first-order chi connectivity index (χ1) is 12.6. The Hall–Kier alpha value is -0.580. The Bertz CT molecular complexity index is 667. The Labute approximate surface area is 162 Å². The summed E-state index contributed by atoms with van der Waals surface area (Å²) in [6.07, 6.45) is 9.77. The lowest BCUT2D eigenvalue weighted by Gasteiger charge is -2.55. The largest absolute Gasteiger partial charge is 0.298 e. The number of aryl methyl sites for hydroxylation is 2. The van der Waals surface area contributed by atoms with Crippen LogP contribution in [0.15, 0.2) is 0 Å². The molecule has 0 spiro atoms. The van der Waals surface area contributed by atoms with Crippen LogP contribution in [0.4, 0.5) is 0 Å². The van der Waals surface area contributed by atoms with Gasteiger partial charge >= 0.3 is 0 Å². The lowest BCUT2D eigenvalue weighted by atomic mass is 9.74. The zero-order chi connectivity index (χ0) is 17.8. The molecule has 4 heterocycles. The van der Waals surface area contributed by atoms with E-state index in [4.69, 9.17) is 11.6 Å². The molecule has 4 atom stereocenters. The van der Waals surface area contributed by atoms with E-state index in [1.54, 1.807) is 0 Å². The third kappa shape index (κ3) is 3.02. The molecule has 3 saturated heterocycles. The highest BCUT2D eigenvalue weighted by Gasteiger charge is 2.48. The Morgan fingerprint density at radius 3 is 2.54 bits per heavy atom. The van der Waals surface area contributed by atoms with E-state index >= 15 is 0 Å². The lowest BCUT2D eigenvalue weighted by Crippen LogP contribution is -2.61. The van der Waals surface area contributed by atoms with Gasteiger partial charge in [-0.1, -0.05) is 24.9 Å². The highest BCUT2D eigenvalue weighted by Crippen LogP contribution is 2.46. The van der Waals surface area contributed by atoms with Crippen molar-refractivity contribution in [1.82, 2.24) is 19.6 Å². The molecule has 0 N–H and O–H groups in total. The third-order valence-corrected chi connectivity index (χ3v) is 8.02. The summed E-state index contributed by atoms with van der Waals surface area (Å²) in [6, 6.07) is 1.77. The number of piperidine rings is 3. The number of hydrogen-bond donors (Lipinski definition) is 0. The SMILES string of the molecule is CCc1nn(C)c(Cl)c1CN1C[C@@H]2C[C@H](C1)[C@@H]1CCC[C@H](C3CC3)N1C2. The van der Waals surface area contributed by atoms with Crippen LogP contribution in [0.5, 0.6) is 0 Å². The summed E-state index contributed by atoms with van der Waals surface area (Å²) < 4.78 is 1.85. The number of fused-ring (bicyclic) bond motifs is 4. The molecule has 4 fully saturated rings. The number of likely N-dealkylation sites (tertiary alicyclic amines) is 1. The topological polar surface area (TPSA) is 24.3 Å². The normalized spacial score (nSPS) is 35.5. The van der Waals surface area contributed by atoms with E-state index < -0.39 is 0 Å². The maximum atomic E-state index is 6.57. The van der Waals surface area contributed by atoms with Gasteiger partial charge in [-0.15, -0.1) is 0 Å². The Morgan fingerprint density at radius 1 is 1.04 bits per heavy atom. The minimum absolute atomic E-state index is 0.839. The van der Waals surface area contributed by atoms with E-state index in [1.165, 1.54) is 69.4 Å². The van der Waals surface area contributed by atoms with Crippen LogP contribution in [0.2, 0.25) is 5.15 Å². The molecule has 3 aliphatic heterocycles. The van der Waals surface area contributed by atoms with E-state index in [1.807, 2.05) is 11.7 Å². The summed E-state index contributed by atoms with van der Waals surface area (Å²) in [5.74, 6) is 2.75. The van der Waals surface area contributed by atoms with Crippen molar-refractivity contribution >= 4 is 11.6 Å². The average molecular weight is 377 g/mol. The van der Waals surface area contributed by atoms with Crippen molar-refractivity contribution in [3.8, 4) is 0 Å². The first-order valence-corrected chi connectivity index (χ1v) is 11.2. The summed E-state index contributed by atoms with van der Waals surface area (Å²) in [7, 11) is 1.97. The van der Waals surface area contributed by atoms with Crippen LogP contribution in [-0.4, -0.2) is 51.3 Å². The number of halogens is 1. The molecule has 4 nitrogen and oxygen atoms in total. The van der Waals surface area contributed by atoms with E-state index in [0.29, 0.717) is 0 Å². The maximum Gasteiger partial charge on any atom is 0.131 e. The van der Waals surface area contributed by atoms with Crippen LogP contribution < -0.4 is 0 Å². The Morgan fingerprint density at radius 2 is 1.81 bits per heavy atom. The first-order valence-electron chi connectivity index (χ1n) is 10.8. The number of nitrogens with zero attached hydrogens (tertiary/aromatic N) is 4. The van der Waals surface area contributed by atoms with Crippen LogP contribution in [0.3, 0.4) is 0 Å². The summed E-state index contributed by atoms with van der Waals surface area (Å²) in [6.45, 7) is 7.02. The molecular formula is C21H33ClN4. The van der Waals surface area contributed by atoms with Crippen LogP contribution in [0.25, 0.3) is 0 Å². The standard InChI is InChI=1S/C21H33ClN4/c1-3-18-17(21(22)24(2)23-18)13-25-10-14-9-16(12-25)20-6-4-5-19(15-7-8-15)26(20)11-14/h14-16,19-20H,3-13H2,1-2H3/t14-,16+,19+,20-/m0/s1. The van der Waals surface area contributed by atoms with Crippen molar-refractivity contribution in [2.75, 3.05) is 19.6 Å². The van der Waals surface area contributed by atoms with Gasteiger partial charge in [-0.05, 0) is 56.3 Å². The molecule has 1 aliphatic carbocycles. The molecule has 144 valence electrons. The van der Waals surface area contributed by atoms with E-state index in [9.17, 15) is 0 Å². The summed E-state index contributed by atoms with van der Waals surface area (Å²) >= 11 is 6.57. The summed E-state index contributed by atoms with van der Waals surface area (Å²) in [4.78, 5) is 5.67. The number of hydrogen-bond acceptors (Lipinski definition) is 3. The van der Waals surface area contributed by atoms with Gasteiger partial charge in [-0.2, -0.15) is 5.10 Å². The molecule has 0 aromatic carbocycles. The Balaban J connectivity index is 1.32. The van der Waals surface area contributed by atoms with E-state index in [2.05, 4.69) is 21.8 Å². The van der Waals surface area contributed by atoms with Crippen molar-refractivity contribution in [1.29, 1.82) is 0 Å². The van der Waals surface area contributed by atoms with Gasteiger partial charge in [0, 0.05) is 50.9 Å². The monoisotopic (exact) mass is 376 g/mol. The molecule has 5 rings (SSSR count). The molecule has 0 unspecified atom stereocenters. The molecule has 1 saturated carbocycles. The highest BCUT2D eigenvalue weighted by molar-refractivity contribution is 6.30. The molecular weight excluding hydrogens is 344 g/mol. The van der Waals surface area contributed by atoms with Gasteiger partial charge < -0.3 is 0 Å². The predicted octanol–water partition coefficient (Wildman–Crippen LogP) is 3.72. The predicted molar refractivity (Wildman–Crippen MR) is 105 cm³/mol. The molecule has 0 radical (unpaired) electrons. The van der Waals surface area contributed by atoms with E-state index in [-0.39, 0.29) is 0 Å². The highest BCUT2D eigenvalue weighted by atomic mass is 35.5. The fourth-order valence-electron chi connectivity index (χ4n) is 6.33. The van der Waals surface area contributed by atoms with Gasteiger partial charge in [0.25, 0.3) is 0 Å². The zero-order valence-corrected chi connectivity index (χ0v) is 17.1. The summed E-state index contributed by atoms with van der Waals surface area (Å²) in [5.41, 5.74) is 2.45. The second kappa shape index (κ2) is 6.79. The van der Waals surface area contributed by atoms with Crippen molar-refractivity contribution < 1.29 is 0 Å². The molecule has 2 bridgehead atoms. The van der Waals surface area contributed by atoms with Crippen LogP contribution in [-0.2, 0) is 20.0 Å². The molecule has 1 aromatic rings. The fourth-order valence-corrected chi connectivity index (χ4v) is 6.54. The van der Waals surface area contributed by atoms with Crippen LogP contribution in [0.1, 0.15) is 56.7 Å². The van der Waals surface area contributed by atoms with Crippen LogP contribution >= 0.6 is 11.6 Å². The molecule has 4 aliphatic rings. The van der Waals surface area contributed by atoms with Gasteiger partial charge in [-0.3, -0.25) is 14.5 Å². The van der Waals surface area contributed by atoms with Crippen molar-refractivity contribution in [2.24, 2.45) is 24.8 Å². The lowest BCUT2D eigenvalue weighted by molar-refractivity contribution is -0.0628. The van der Waals surface area contributed by atoms with Crippen molar-refractivity contribution in [3.05, 3.63) is 16.4 Å². The molecule has 0 amide bonds. The Kier molecular flexibility index (Phi) is 4.57. The maximum absolute atomic E-state index is 6.57. The van der Waals surface area contributed by atoms with E-state index in [0.717, 1.165) is 48.0 Å². The van der Waals surface area contributed by atoms with Gasteiger partial charge in [0.1, 0.15) is 5.15 Å². The first kappa shape index (κ1) is 17.5. The fraction of sp³-hybridized carbons (Fsp3) is 0.857. The average Bonchev–Trinajstić information content (AvgIpc) is 3.44. The van der Waals surface area contributed by atoms with Gasteiger partial charge in [0.15, 0.2) is 0 Å². The number of aromatic nitrogens is 2. The third-order valence-electron chi connectivity index (χ3n) is 7.55. The number of rotatable bonds is 4. The van der Waals surface area contributed by atoms with Crippen LogP contribution in [0, 0.1) is 17.8 Å². The zero-order valence-electron chi connectivity index (χ0n) is 16.3. The quantitative estimate of drug-likeness (QED) is 0.800. The molecule has 5 heteroatoms. The second-order valence-corrected chi connectivity index (χ2v) is 9.71. The second-order valence-electron chi connectivity index (χ2n) is 9.35. The van der Waals surface area contributed by atoms with Gasteiger partial charge in [0.05, 0.1) is 5.69 Å². The van der Waals surface area contributed by atoms with Crippen molar-refractivity contribution in [3.63, 3.8) is 0 Å². The van der Waals surface area contributed by atoms with Gasteiger partial charge in [0.2, 0.25) is 0 Å². The minimum atomic E-state index is 0.839. The summed E-state index contributed by atoms with van der Waals surface area (Å²) in [5, 5.41) is 5.46. The molecule has 1 aromatic heterocycles. The smallest absolute Gasteiger partial charge is 0.131 e. The minimum Gasteiger partial charge on any atom is -0.298 e. The van der Waals surface area contributed by atoms with Gasteiger partial charge in [-0.25, -0.2) is 0 Å². The van der Waals surface area contributed by atoms with Crippen molar-refractivity contribution in [2.45, 2.75) is 70.5 Å². The molecule has 26 heavy (non-hydrogen) atoms.